The predicted molar refractivity (Wildman–Crippen MR) is 91.1 cm³/mol. The Kier molecular flexibility index (Phi) is 4.46. The fourth-order valence-corrected chi connectivity index (χ4v) is 5.35. The fraction of sp³-hybridized carbons (Fsp3) is 0.800. The first kappa shape index (κ1) is 16.8. The summed E-state index contributed by atoms with van der Waals surface area (Å²) in [7, 11) is 0. The molecule has 0 aromatic heterocycles. The number of rotatable bonds is 4. The van der Waals surface area contributed by atoms with Gasteiger partial charge >= 0.3 is 0 Å². The van der Waals surface area contributed by atoms with Gasteiger partial charge in [-0.1, -0.05) is 45.4 Å². The molecule has 0 heterocycles. The van der Waals surface area contributed by atoms with Gasteiger partial charge in [-0.2, -0.15) is 0 Å². The first-order valence-corrected chi connectivity index (χ1v) is 8.66. The number of aliphatic hydroxyl groups is 1. The van der Waals surface area contributed by atoms with Crippen LogP contribution in [0.5, 0.6) is 0 Å². The van der Waals surface area contributed by atoms with E-state index in [1.165, 1.54) is 37.7 Å². The average Bonchev–Trinajstić information content (AvgIpc) is 2.36. The summed E-state index contributed by atoms with van der Waals surface area (Å²) >= 11 is 0. The molecule has 0 saturated heterocycles. The number of fused-ring (bicyclic) bond motifs is 1. The second-order valence-electron chi connectivity index (χ2n) is 8.75. The predicted octanol–water partition coefficient (Wildman–Crippen LogP) is 5.50. The summed E-state index contributed by atoms with van der Waals surface area (Å²) < 4.78 is 0. The highest BCUT2D eigenvalue weighted by Gasteiger charge is 2.52. The molecule has 2 aliphatic carbocycles. The van der Waals surface area contributed by atoms with E-state index in [1.807, 2.05) is 6.92 Å². The molecule has 0 amide bonds. The first-order valence-electron chi connectivity index (χ1n) is 8.66. The standard InChI is InChI=1S/C20H34O/c1-7-19(5,21)14-11-16-15(2)9-10-17-18(3,4)12-8-13-20(16,17)6/h7,16-17,21H,1-2,8-14H2,3-6H3/t16-,17-,19-,20+/m1/s1. The van der Waals surface area contributed by atoms with Gasteiger partial charge in [0.2, 0.25) is 0 Å². The Hall–Kier alpha value is -0.560. The van der Waals surface area contributed by atoms with Crippen LogP contribution >= 0.6 is 0 Å². The van der Waals surface area contributed by atoms with Gasteiger partial charge in [-0.3, -0.25) is 0 Å². The molecule has 2 rings (SSSR count). The van der Waals surface area contributed by atoms with Crippen LogP contribution in [0.3, 0.4) is 0 Å². The van der Waals surface area contributed by atoms with Crippen LogP contribution in [0.1, 0.15) is 72.6 Å². The number of hydrogen-bond donors (Lipinski definition) is 1. The van der Waals surface area contributed by atoms with Gasteiger partial charge in [-0.25, -0.2) is 0 Å². The van der Waals surface area contributed by atoms with E-state index < -0.39 is 5.60 Å². The van der Waals surface area contributed by atoms with Gasteiger partial charge in [0.05, 0.1) is 5.60 Å². The second kappa shape index (κ2) is 5.57. The lowest BCUT2D eigenvalue weighted by Crippen LogP contribution is -2.49. The van der Waals surface area contributed by atoms with Crippen molar-refractivity contribution in [3.8, 4) is 0 Å². The van der Waals surface area contributed by atoms with Gasteiger partial charge in [0.1, 0.15) is 0 Å². The molecule has 2 fully saturated rings. The third kappa shape index (κ3) is 3.13. The second-order valence-corrected chi connectivity index (χ2v) is 8.75. The van der Waals surface area contributed by atoms with Crippen molar-refractivity contribution >= 4 is 0 Å². The third-order valence-electron chi connectivity index (χ3n) is 6.70. The Morgan fingerprint density at radius 3 is 2.62 bits per heavy atom. The lowest BCUT2D eigenvalue weighted by molar-refractivity contribution is -0.0583. The van der Waals surface area contributed by atoms with Crippen LogP contribution < -0.4 is 0 Å². The van der Waals surface area contributed by atoms with Crippen molar-refractivity contribution in [3.05, 3.63) is 24.8 Å². The van der Waals surface area contributed by atoms with Crippen molar-refractivity contribution in [2.45, 2.75) is 78.2 Å². The maximum absolute atomic E-state index is 10.3. The molecule has 1 N–H and O–H groups in total. The summed E-state index contributed by atoms with van der Waals surface area (Å²) in [6.07, 6.45) is 10.0. The highest BCUT2D eigenvalue weighted by atomic mass is 16.3. The smallest absolute Gasteiger partial charge is 0.0797 e. The minimum atomic E-state index is -0.742. The summed E-state index contributed by atoms with van der Waals surface area (Å²) in [5.74, 6) is 1.35. The maximum Gasteiger partial charge on any atom is 0.0797 e. The zero-order valence-electron chi connectivity index (χ0n) is 14.5. The Labute approximate surface area is 131 Å². The van der Waals surface area contributed by atoms with E-state index in [0.717, 1.165) is 18.8 Å². The van der Waals surface area contributed by atoms with Crippen molar-refractivity contribution in [2.24, 2.45) is 22.7 Å². The lowest BCUT2D eigenvalue weighted by Gasteiger charge is -2.58. The first-order chi connectivity index (χ1) is 9.62. The Bertz CT molecular complexity index is 418. The van der Waals surface area contributed by atoms with Crippen molar-refractivity contribution in [2.75, 3.05) is 0 Å². The highest BCUT2D eigenvalue weighted by Crippen LogP contribution is 2.61. The highest BCUT2D eigenvalue weighted by molar-refractivity contribution is 5.16. The van der Waals surface area contributed by atoms with E-state index in [2.05, 4.69) is 33.9 Å². The van der Waals surface area contributed by atoms with Crippen molar-refractivity contribution < 1.29 is 5.11 Å². The van der Waals surface area contributed by atoms with Crippen LogP contribution in [0.15, 0.2) is 24.8 Å². The summed E-state index contributed by atoms with van der Waals surface area (Å²) in [5, 5.41) is 10.3. The SMILES string of the molecule is C=C[C@@](C)(O)CC[C@@H]1C(=C)CC[C@@H]2C(C)(C)CCC[C@@]12C. The molecule has 1 nitrogen and oxygen atoms in total. The Balaban J connectivity index is 2.21. The summed E-state index contributed by atoms with van der Waals surface area (Å²) in [6.45, 7) is 17.4. The van der Waals surface area contributed by atoms with E-state index in [1.54, 1.807) is 6.08 Å². The monoisotopic (exact) mass is 290 g/mol. The number of allylic oxidation sites excluding steroid dienone is 1. The van der Waals surface area contributed by atoms with E-state index in [-0.39, 0.29) is 0 Å². The molecule has 120 valence electrons. The van der Waals surface area contributed by atoms with Gasteiger partial charge in [-0.05, 0) is 68.1 Å². The van der Waals surface area contributed by atoms with Gasteiger partial charge in [-0.15, -0.1) is 6.58 Å². The fourth-order valence-electron chi connectivity index (χ4n) is 5.35. The molecule has 0 radical (unpaired) electrons. The Morgan fingerprint density at radius 1 is 1.33 bits per heavy atom. The van der Waals surface area contributed by atoms with Crippen LogP contribution in [-0.2, 0) is 0 Å². The van der Waals surface area contributed by atoms with Crippen LogP contribution in [0.2, 0.25) is 0 Å². The average molecular weight is 290 g/mol. The minimum Gasteiger partial charge on any atom is -0.386 e. The zero-order valence-corrected chi connectivity index (χ0v) is 14.5. The zero-order chi connectivity index (χ0) is 15.9. The Morgan fingerprint density at radius 2 is 2.00 bits per heavy atom. The molecule has 0 aromatic rings. The summed E-state index contributed by atoms with van der Waals surface area (Å²) in [4.78, 5) is 0. The topological polar surface area (TPSA) is 20.2 Å². The lowest BCUT2D eigenvalue weighted by atomic mass is 9.47. The summed E-state index contributed by atoms with van der Waals surface area (Å²) in [5.41, 5.74) is 1.50. The molecule has 2 saturated carbocycles. The van der Waals surface area contributed by atoms with Crippen molar-refractivity contribution in [1.82, 2.24) is 0 Å². The normalized spacial score (nSPS) is 38.4. The van der Waals surface area contributed by atoms with Gasteiger partial charge in [0, 0.05) is 0 Å². The van der Waals surface area contributed by atoms with Crippen molar-refractivity contribution in [3.63, 3.8) is 0 Å². The molecule has 4 atom stereocenters. The van der Waals surface area contributed by atoms with Gasteiger partial charge < -0.3 is 5.11 Å². The van der Waals surface area contributed by atoms with Crippen molar-refractivity contribution in [1.29, 1.82) is 0 Å². The van der Waals surface area contributed by atoms with Gasteiger partial charge in [0.15, 0.2) is 0 Å². The molecular formula is C20H34O. The summed E-state index contributed by atoms with van der Waals surface area (Å²) in [6, 6.07) is 0. The molecular weight excluding hydrogens is 256 g/mol. The van der Waals surface area contributed by atoms with Crippen LogP contribution in [-0.4, -0.2) is 10.7 Å². The quantitative estimate of drug-likeness (QED) is 0.678. The van der Waals surface area contributed by atoms with Gasteiger partial charge in [0.25, 0.3) is 0 Å². The van der Waals surface area contributed by atoms with Crippen LogP contribution in [0.4, 0.5) is 0 Å². The molecule has 0 unspecified atom stereocenters. The maximum atomic E-state index is 10.3. The molecule has 2 aliphatic rings. The van der Waals surface area contributed by atoms with Crippen LogP contribution in [0, 0.1) is 22.7 Å². The van der Waals surface area contributed by atoms with E-state index >= 15 is 0 Å². The molecule has 21 heavy (non-hydrogen) atoms. The largest absolute Gasteiger partial charge is 0.386 e. The minimum absolute atomic E-state index is 0.369. The molecule has 0 aromatic carbocycles. The van der Waals surface area contributed by atoms with E-state index in [9.17, 15) is 5.11 Å². The van der Waals surface area contributed by atoms with Crippen LogP contribution in [0.25, 0.3) is 0 Å². The molecule has 0 spiro atoms. The molecule has 0 bridgehead atoms. The van der Waals surface area contributed by atoms with E-state index in [0.29, 0.717) is 16.7 Å². The molecule has 1 heteroatoms. The number of hydrogen-bond acceptors (Lipinski definition) is 1. The third-order valence-corrected chi connectivity index (χ3v) is 6.70. The molecule has 0 aliphatic heterocycles. The van der Waals surface area contributed by atoms with E-state index in [4.69, 9.17) is 0 Å².